The van der Waals surface area contributed by atoms with Crippen molar-refractivity contribution < 1.29 is 4.79 Å². The largest absolute Gasteiger partial charge is 0.293 e. The van der Waals surface area contributed by atoms with E-state index in [2.05, 4.69) is 4.98 Å². The molecule has 2 nitrogen and oxygen atoms in total. The second kappa shape index (κ2) is 4.80. The molecule has 0 saturated heterocycles. The van der Waals surface area contributed by atoms with Gasteiger partial charge < -0.3 is 0 Å². The molecule has 88 valence electrons. The number of rotatable bonds is 3. The van der Waals surface area contributed by atoms with Crippen LogP contribution in [-0.4, -0.2) is 10.8 Å². The Hall–Kier alpha value is -1.48. The molecule has 3 heteroatoms. The maximum Gasteiger partial charge on any atom is 0.178 e. The summed E-state index contributed by atoms with van der Waals surface area (Å²) in [6.45, 7) is 6.07. The SMILES string of the molecule is Cc1ccc(CC(=O)c2cc(C)c(C)s2)nc1. The second-order valence-corrected chi connectivity index (χ2v) is 5.53. The van der Waals surface area contributed by atoms with E-state index in [0.717, 1.165) is 16.1 Å². The van der Waals surface area contributed by atoms with E-state index in [9.17, 15) is 4.79 Å². The Balaban J connectivity index is 2.14. The number of aromatic nitrogens is 1. The van der Waals surface area contributed by atoms with Crippen molar-refractivity contribution in [1.29, 1.82) is 0 Å². The smallest absolute Gasteiger partial charge is 0.178 e. The maximum atomic E-state index is 12.0. The fourth-order valence-corrected chi connectivity index (χ4v) is 2.54. The zero-order valence-electron chi connectivity index (χ0n) is 10.3. The Labute approximate surface area is 105 Å². The first kappa shape index (κ1) is 12.0. The molecule has 0 unspecified atom stereocenters. The van der Waals surface area contributed by atoms with Gasteiger partial charge in [0.1, 0.15) is 0 Å². The molecule has 2 aromatic heterocycles. The van der Waals surface area contributed by atoms with Crippen LogP contribution in [0.15, 0.2) is 24.4 Å². The van der Waals surface area contributed by atoms with Crippen LogP contribution in [0.5, 0.6) is 0 Å². The summed E-state index contributed by atoms with van der Waals surface area (Å²) in [6.07, 6.45) is 2.19. The number of carbonyl (C=O) groups is 1. The molecule has 0 aliphatic heterocycles. The average molecular weight is 245 g/mol. The van der Waals surface area contributed by atoms with E-state index < -0.39 is 0 Å². The van der Waals surface area contributed by atoms with Crippen molar-refractivity contribution in [2.45, 2.75) is 27.2 Å². The van der Waals surface area contributed by atoms with Crippen LogP contribution in [0.2, 0.25) is 0 Å². The van der Waals surface area contributed by atoms with Gasteiger partial charge in [-0.25, -0.2) is 0 Å². The molecule has 2 rings (SSSR count). The van der Waals surface area contributed by atoms with E-state index in [0.29, 0.717) is 6.42 Å². The number of aryl methyl sites for hydroxylation is 3. The highest BCUT2D eigenvalue weighted by Crippen LogP contribution is 2.21. The number of pyridine rings is 1. The van der Waals surface area contributed by atoms with Crippen molar-refractivity contribution in [2.75, 3.05) is 0 Å². The number of Topliss-reactive ketones (excluding diaryl/α,β-unsaturated/α-hetero) is 1. The van der Waals surface area contributed by atoms with Crippen LogP contribution in [0.1, 0.15) is 31.4 Å². The van der Waals surface area contributed by atoms with Gasteiger partial charge in [0.2, 0.25) is 0 Å². The van der Waals surface area contributed by atoms with Crippen molar-refractivity contribution in [3.63, 3.8) is 0 Å². The van der Waals surface area contributed by atoms with Crippen LogP contribution in [0.4, 0.5) is 0 Å². The molecule has 0 atom stereocenters. The van der Waals surface area contributed by atoms with Crippen molar-refractivity contribution in [3.05, 3.63) is 51.0 Å². The predicted octanol–water partition coefficient (Wildman–Crippen LogP) is 3.49. The molecule has 2 heterocycles. The van der Waals surface area contributed by atoms with Gasteiger partial charge in [0, 0.05) is 16.8 Å². The first-order chi connectivity index (χ1) is 8.06. The third-order valence-electron chi connectivity index (χ3n) is 2.76. The zero-order valence-corrected chi connectivity index (χ0v) is 11.1. The quantitative estimate of drug-likeness (QED) is 0.775. The minimum Gasteiger partial charge on any atom is -0.293 e. The highest BCUT2D eigenvalue weighted by Gasteiger charge is 2.11. The van der Waals surface area contributed by atoms with E-state index >= 15 is 0 Å². The number of nitrogens with zero attached hydrogens (tertiary/aromatic N) is 1. The minimum absolute atomic E-state index is 0.155. The highest BCUT2D eigenvalue weighted by atomic mass is 32.1. The minimum atomic E-state index is 0.155. The number of carbonyl (C=O) groups excluding carboxylic acids is 1. The number of thiophene rings is 1. The van der Waals surface area contributed by atoms with Gasteiger partial charge in [-0.05, 0) is 44.0 Å². The van der Waals surface area contributed by atoms with Gasteiger partial charge in [-0.2, -0.15) is 0 Å². The molecule has 0 spiro atoms. The number of hydrogen-bond donors (Lipinski definition) is 0. The fraction of sp³-hybridized carbons (Fsp3) is 0.286. The highest BCUT2D eigenvalue weighted by molar-refractivity contribution is 7.14. The molecule has 0 aromatic carbocycles. The van der Waals surface area contributed by atoms with Crippen molar-refractivity contribution in [1.82, 2.24) is 4.98 Å². The molecular weight excluding hydrogens is 230 g/mol. The predicted molar refractivity (Wildman–Crippen MR) is 70.8 cm³/mol. The summed E-state index contributed by atoms with van der Waals surface area (Å²) >= 11 is 1.57. The van der Waals surface area contributed by atoms with Gasteiger partial charge in [0.25, 0.3) is 0 Å². The molecule has 0 radical (unpaired) electrons. The molecule has 2 aromatic rings. The van der Waals surface area contributed by atoms with Gasteiger partial charge in [-0.15, -0.1) is 11.3 Å². The molecule has 0 aliphatic rings. The Morgan fingerprint density at radius 2 is 2.06 bits per heavy atom. The molecular formula is C14H15NOS. The van der Waals surface area contributed by atoms with Crippen LogP contribution >= 0.6 is 11.3 Å². The summed E-state index contributed by atoms with van der Waals surface area (Å²) in [4.78, 5) is 18.3. The number of hydrogen-bond acceptors (Lipinski definition) is 3. The summed E-state index contributed by atoms with van der Waals surface area (Å²) < 4.78 is 0. The Kier molecular flexibility index (Phi) is 3.38. The lowest BCUT2D eigenvalue weighted by molar-refractivity contribution is 0.0995. The molecule has 0 N–H and O–H groups in total. The van der Waals surface area contributed by atoms with Crippen molar-refractivity contribution >= 4 is 17.1 Å². The van der Waals surface area contributed by atoms with Crippen LogP contribution in [0.25, 0.3) is 0 Å². The number of ketones is 1. The average Bonchev–Trinajstić information content (AvgIpc) is 2.63. The summed E-state index contributed by atoms with van der Waals surface area (Å²) in [6, 6.07) is 5.87. The van der Waals surface area contributed by atoms with Gasteiger partial charge >= 0.3 is 0 Å². The summed E-state index contributed by atoms with van der Waals surface area (Å²) in [5.74, 6) is 0.155. The first-order valence-electron chi connectivity index (χ1n) is 5.58. The lowest BCUT2D eigenvalue weighted by atomic mass is 10.1. The Morgan fingerprint density at radius 3 is 2.59 bits per heavy atom. The monoisotopic (exact) mass is 245 g/mol. The molecule has 0 amide bonds. The molecule has 0 saturated carbocycles. The first-order valence-corrected chi connectivity index (χ1v) is 6.39. The summed E-state index contributed by atoms with van der Waals surface area (Å²) in [5, 5.41) is 0. The van der Waals surface area contributed by atoms with Crippen LogP contribution in [-0.2, 0) is 6.42 Å². The third-order valence-corrected chi connectivity index (χ3v) is 3.95. The van der Waals surface area contributed by atoms with E-state index in [1.54, 1.807) is 17.5 Å². The molecule has 0 fully saturated rings. The van der Waals surface area contributed by atoms with Gasteiger partial charge in [0.05, 0.1) is 11.3 Å². The molecule has 0 bridgehead atoms. The van der Waals surface area contributed by atoms with E-state index in [-0.39, 0.29) is 5.78 Å². The second-order valence-electron chi connectivity index (χ2n) is 4.28. The van der Waals surface area contributed by atoms with Gasteiger partial charge in [0.15, 0.2) is 5.78 Å². The van der Waals surface area contributed by atoms with E-state index in [1.165, 1.54) is 10.4 Å². The topological polar surface area (TPSA) is 30.0 Å². The lowest BCUT2D eigenvalue weighted by Gasteiger charge is -1.98. The van der Waals surface area contributed by atoms with E-state index in [4.69, 9.17) is 0 Å². The van der Waals surface area contributed by atoms with Crippen LogP contribution in [0.3, 0.4) is 0 Å². The fourth-order valence-electron chi connectivity index (χ4n) is 1.57. The van der Waals surface area contributed by atoms with Crippen molar-refractivity contribution in [3.8, 4) is 0 Å². The molecule has 0 aliphatic carbocycles. The standard InChI is InChI=1S/C14H15NOS/c1-9-4-5-12(15-8-9)7-13(16)14-6-10(2)11(3)17-14/h4-6,8H,7H2,1-3H3. The lowest BCUT2D eigenvalue weighted by Crippen LogP contribution is -2.02. The molecule has 17 heavy (non-hydrogen) atoms. The Morgan fingerprint density at radius 1 is 1.29 bits per heavy atom. The van der Waals surface area contributed by atoms with Crippen LogP contribution < -0.4 is 0 Å². The van der Waals surface area contributed by atoms with E-state index in [1.807, 2.05) is 39.0 Å². The third kappa shape index (κ3) is 2.80. The Bertz CT molecular complexity index is 520. The van der Waals surface area contributed by atoms with Gasteiger partial charge in [-0.3, -0.25) is 9.78 Å². The zero-order chi connectivity index (χ0) is 12.4. The van der Waals surface area contributed by atoms with Gasteiger partial charge in [-0.1, -0.05) is 6.07 Å². The summed E-state index contributed by atoms with van der Waals surface area (Å²) in [5.41, 5.74) is 3.14. The summed E-state index contributed by atoms with van der Waals surface area (Å²) in [7, 11) is 0. The normalized spacial score (nSPS) is 10.5. The van der Waals surface area contributed by atoms with Crippen LogP contribution in [0, 0.1) is 20.8 Å². The van der Waals surface area contributed by atoms with Crippen molar-refractivity contribution in [2.24, 2.45) is 0 Å². The maximum absolute atomic E-state index is 12.0.